The van der Waals surface area contributed by atoms with Gasteiger partial charge < -0.3 is 15.4 Å². The Bertz CT molecular complexity index is 833. The lowest BCUT2D eigenvalue weighted by molar-refractivity contribution is -0.120. The maximum atomic E-state index is 14.4. The average Bonchev–Trinajstić information content (AvgIpc) is 3.14. The van der Waals surface area contributed by atoms with Crippen molar-refractivity contribution < 1.29 is 23.1 Å². The number of anilines is 1. The lowest BCUT2D eigenvalue weighted by atomic mass is 9.93. The van der Waals surface area contributed by atoms with Crippen molar-refractivity contribution in [2.45, 2.75) is 18.9 Å². The van der Waals surface area contributed by atoms with Crippen LogP contribution in [0.2, 0.25) is 0 Å². The van der Waals surface area contributed by atoms with Crippen LogP contribution in [0.4, 0.5) is 18.6 Å². The summed E-state index contributed by atoms with van der Waals surface area (Å²) in [6.07, 6.45) is 0. The first-order valence-corrected chi connectivity index (χ1v) is 8.65. The predicted molar refractivity (Wildman–Crippen MR) is 93.7 cm³/mol. The van der Waals surface area contributed by atoms with E-state index in [1.54, 1.807) is 6.07 Å². The number of amides is 3. The van der Waals surface area contributed by atoms with Gasteiger partial charge in [0.05, 0.1) is 12.1 Å². The van der Waals surface area contributed by atoms with Crippen LogP contribution in [0.1, 0.15) is 16.4 Å². The van der Waals surface area contributed by atoms with Gasteiger partial charge in [-0.3, -0.25) is 10.1 Å². The van der Waals surface area contributed by atoms with E-state index in [0.29, 0.717) is 5.00 Å². The number of ether oxygens (including phenoxy) is 1. The van der Waals surface area contributed by atoms with E-state index >= 15 is 0 Å². The maximum Gasteiger partial charge on any atom is 0.320 e. The Kier molecular flexibility index (Phi) is 5.08. The molecule has 0 spiro atoms. The number of carbonyl (C=O) groups excluding carboxylic acids is 2. The van der Waals surface area contributed by atoms with Crippen molar-refractivity contribution >= 4 is 28.3 Å². The number of halogens is 2. The molecule has 1 aromatic carbocycles. The van der Waals surface area contributed by atoms with E-state index in [9.17, 15) is 18.4 Å². The van der Waals surface area contributed by atoms with Crippen LogP contribution in [0.15, 0.2) is 24.3 Å². The second-order valence-electron chi connectivity index (χ2n) is 5.84. The highest BCUT2D eigenvalue weighted by molar-refractivity contribution is 7.16. The molecule has 0 aliphatic carbocycles. The highest BCUT2D eigenvalue weighted by atomic mass is 32.1. The second-order valence-corrected chi connectivity index (χ2v) is 7.13. The number of benzene rings is 1. The van der Waals surface area contributed by atoms with Gasteiger partial charge >= 0.3 is 6.03 Å². The number of aryl methyl sites for hydroxylation is 1. The molecule has 9 heteroatoms. The first-order chi connectivity index (χ1) is 12.4. The van der Waals surface area contributed by atoms with Crippen molar-refractivity contribution in [2.75, 3.05) is 19.0 Å². The minimum atomic E-state index is -1.09. The lowest BCUT2D eigenvalue weighted by Gasteiger charge is -2.20. The lowest BCUT2D eigenvalue weighted by Crippen LogP contribution is -2.45. The van der Waals surface area contributed by atoms with Crippen molar-refractivity contribution in [1.29, 1.82) is 0 Å². The Labute approximate surface area is 152 Å². The van der Waals surface area contributed by atoms with Gasteiger partial charge in [-0.2, -0.15) is 0 Å². The number of carbonyl (C=O) groups is 2. The molecule has 1 aliphatic heterocycles. The van der Waals surface area contributed by atoms with E-state index in [-0.39, 0.29) is 17.9 Å². The number of thiophene rings is 1. The summed E-state index contributed by atoms with van der Waals surface area (Å²) < 4.78 is 33.5. The fourth-order valence-electron chi connectivity index (χ4n) is 2.88. The Balaban J connectivity index is 1.80. The topological polar surface area (TPSA) is 79.5 Å². The van der Waals surface area contributed by atoms with Gasteiger partial charge in [-0.1, -0.05) is 0 Å². The standard InChI is InChI=1S/C17H17F2N3O3S/c1-8-3-4-13(26-8)21-17(24)22-15-10(7-20-16(15)23)14-11(18)5-9(25-2)6-12(14)19/h3-6,10,15H,7H2,1-2H3,(H,20,23)(H2,21,22,24)/t10-,15+/m0/s1. The fourth-order valence-corrected chi connectivity index (χ4v) is 3.64. The molecule has 2 aromatic rings. The highest BCUT2D eigenvalue weighted by Gasteiger charge is 2.40. The average molecular weight is 381 g/mol. The third-order valence-corrected chi connectivity index (χ3v) is 5.02. The Morgan fingerprint density at radius 2 is 2.00 bits per heavy atom. The van der Waals surface area contributed by atoms with Crippen molar-refractivity contribution in [3.8, 4) is 5.75 Å². The van der Waals surface area contributed by atoms with Crippen LogP contribution in [0.3, 0.4) is 0 Å². The van der Waals surface area contributed by atoms with Crippen LogP contribution in [0, 0.1) is 18.6 Å². The molecule has 3 amide bonds. The van der Waals surface area contributed by atoms with E-state index in [2.05, 4.69) is 16.0 Å². The molecule has 1 saturated heterocycles. The SMILES string of the molecule is COc1cc(F)c([C@@H]2CNC(=O)[C@@H]2NC(=O)Nc2ccc(C)s2)c(F)c1. The first kappa shape index (κ1) is 18.1. The molecule has 26 heavy (non-hydrogen) atoms. The molecular weight excluding hydrogens is 364 g/mol. The van der Waals surface area contributed by atoms with E-state index in [4.69, 9.17) is 4.74 Å². The third kappa shape index (κ3) is 3.62. The van der Waals surface area contributed by atoms with E-state index in [0.717, 1.165) is 17.0 Å². The van der Waals surface area contributed by atoms with Crippen LogP contribution in [0.25, 0.3) is 0 Å². The summed E-state index contributed by atoms with van der Waals surface area (Å²) in [5, 5.41) is 8.25. The molecule has 0 radical (unpaired) electrons. The Hall–Kier alpha value is -2.68. The second kappa shape index (κ2) is 7.28. The largest absolute Gasteiger partial charge is 0.497 e. The third-order valence-electron chi connectivity index (χ3n) is 4.10. The summed E-state index contributed by atoms with van der Waals surface area (Å²) >= 11 is 1.37. The summed E-state index contributed by atoms with van der Waals surface area (Å²) in [5.74, 6) is -2.99. The number of nitrogens with one attached hydrogen (secondary N) is 3. The monoisotopic (exact) mass is 381 g/mol. The van der Waals surface area contributed by atoms with Gasteiger partial charge in [0, 0.05) is 35.0 Å². The maximum absolute atomic E-state index is 14.4. The molecule has 0 unspecified atom stereocenters. The van der Waals surface area contributed by atoms with Crippen LogP contribution < -0.4 is 20.7 Å². The quantitative estimate of drug-likeness (QED) is 0.762. The van der Waals surface area contributed by atoms with Crippen LogP contribution in [-0.4, -0.2) is 31.6 Å². The number of hydrogen-bond acceptors (Lipinski definition) is 4. The zero-order chi connectivity index (χ0) is 18.8. The van der Waals surface area contributed by atoms with Crippen molar-refractivity contribution in [3.05, 3.63) is 46.3 Å². The van der Waals surface area contributed by atoms with E-state index in [1.165, 1.54) is 18.4 Å². The highest BCUT2D eigenvalue weighted by Crippen LogP contribution is 2.31. The molecule has 6 nitrogen and oxygen atoms in total. The molecule has 0 saturated carbocycles. The molecule has 0 bridgehead atoms. The molecule has 3 N–H and O–H groups in total. The molecule has 1 aromatic heterocycles. The van der Waals surface area contributed by atoms with Crippen LogP contribution >= 0.6 is 11.3 Å². The Morgan fingerprint density at radius 1 is 1.31 bits per heavy atom. The molecule has 2 atom stereocenters. The number of rotatable bonds is 4. The summed E-state index contributed by atoms with van der Waals surface area (Å²) in [7, 11) is 1.30. The summed E-state index contributed by atoms with van der Waals surface area (Å²) in [5.41, 5.74) is -0.263. The van der Waals surface area contributed by atoms with Gasteiger partial charge in [0.15, 0.2) is 0 Å². The first-order valence-electron chi connectivity index (χ1n) is 7.83. The number of urea groups is 1. The van der Waals surface area contributed by atoms with E-state index < -0.39 is 35.5 Å². The van der Waals surface area contributed by atoms with Gasteiger partial charge in [0.1, 0.15) is 23.4 Å². The molecule has 138 valence electrons. The smallest absolute Gasteiger partial charge is 0.320 e. The van der Waals surface area contributed by atoms with Crippen molar-refractivity contribution in [2.24, 2.45) is 0 Å². The minimum Gasteiger partial charge on any atom is -0.497 e. The molecule has 3 rings (SSSR count). The zero-order valence-corrected chi connectivity index (χ0v) is 14.9. The number of hydrogen-bond donors (Lipinski definition) is 3. The predicted octanol–water partition coefficient (Wildman–Crippen LogP) is 2.75. The van der Waals surface area contributed by atoms with Crippen molar-refractivity contribution in [3.63, 3.8) is 0 Å². The van der Waals surface area contributed by atoms with Gasteiger partial charge in [-0.25, -0.2) is 13.6 Å². The summed E-state index contributed by atoms with van der Waals surface area (Å²) in [6, 6.07) is 3.96. The van der Waals surface area contributed by atoms with Crippen molar-refractivity contribution in [1.82, 2.24) is 10.6 Å². The zero-order valence-electron chi connectivity index (χ0n) is 14.1. The number of methoxy groups -OCH3 is 1. The van der Waals surface area contributed by atoms with Gasteiger partial charge in [-0.05, 0) is 19.1 Å². The van der Waals surface area contributed by atoms with Crippen LogP contribution in [0.5, 0.6) is 5.75 Å². The minimum absolute atomic E-state index is 0.0159. The molecule has 1 aliphatic rings. The normalized spacial score (nSPS) is 19.2. The van der Waals surface area contributed by atoms with Gasteiger partial charge in [0.25, 0.3) is 0 Å². The van der Waals surface area contributed by atoms with E-state index in [1.807, 2.05) is 13.0 Å². The molecule has 1 fully saturated rings. The molecular formula is C17H17F2N3O3S. The Morgan fingerprint density at radius 3 is 2.58 bits per heavy atom. The van der Waals surface area contributed by atoms with Gasteiger partial charge in [0.2, 0.25) is 5.91 Å². The van der Waals surface area contributed by atoms with Crippen LogP contribution in [-0.2, 0) is 4.79 Å². The molecule has 2 heterocycles. The summed E-state index contributed by atoms with van der Waals surface area (Å²) in [6.45, 7) is 1.91. The fraction of sp³-hybridized carbons (Fsp3) is 0.294. The van der Waals surface area contributed by atoms with Gasteiger partial charge in [-0.15, -0.1) is 11.3 Å². The summed E-state index contributed by atoms with van der Waals surface area (Å²) in [4.78, 5) is 25.3.